The van der Waals surface area contributed by atoms with Gasteiger partial charge in [-0.25, -0.2) is 9.37 Å². The molecule has 1 heterocycles. The Morgan fingerprint density at radius 3 is 2.93 bits per heavy atom. The van der Waals surface area contributed by atoms with Gasteiger partial charge in [-0.2, -0.15) is 0 Å². The van der Waals surface area contributed by atoms with Gasteiger partial charge in [0.05, 0.1) is 4.47 Å². The van der Waals surface area contributed by atoms with E-state index in [1.54, 1.807) is 12.1 Å². The van der Waals surface area contributed by atoms with E-state index in [-0.39, 0.29) is 12.4 Å². The third-order valence-electron chi connectivity index (χ3n) is 1.98. The van der Waals surface area contributed by atoms with Crippen LogP contribution in [0.2, 0.25) is 0 Å². The molecule has 5 heteroatoms. The smallest absolute Gasteiger partial charge is 0.181 e. The van der Waals surface area contributed by atoms with E-state index < -0.39 is 0 Å². The van der Waals surface area contributed by atoms with E-state index in [1.807, 2.05) is 0 Å². The normalized spacial score (nSPS) is 10.6. The van der Waals surface area contributed by atoms with Crippen LogP contribution in [-0.4, -0.2) is 10.1 Å². The summed E-state index contributed by atoms with van der Waals surface area (Å²) in [5.74, 6) is -0.0453. The van der Waals surface area contributed by atoms with Crippen molar-refractivity contribution in [2.24, 2.45) is 0 Å². The molecule has 1 aromatic carbocycles. The number of hydrogen-bond donors (Lipinski definition) is 1. The van der Waals surface area contributed by atoms with Gasteiger partial charge in [0.1, 0.15) is 18.1 Å². The second-order valence-electron chi connectivity index (χ2n) is 2.91. The third kappa shape index (κ3) is 1.93. The minimum Gasteiger partial charge on any atom is -0.445 e. The van der Waals surface area contributed by atoms with Crippen molar-refractivity contribution < 1.29 is 13.9 Å². The van der Waals surface area contributed by atoms with Gasteiger partial charge < -0.3 is 9.52 Å². The SMILES string of the molecule is OCc1ocnc1-c1ccc(Br)c(F)c1. The van der Waals surface area contributed by atoms with Gasteiger partial charge in [0.25, 0.3) is 0 Å². The fraction of sp³-hybridized carbons (Fsp3) is 0.100. The fourth-order valence-corrected chi connectivity index (χ4v) is 1.51. The van der Waals surface area contributed by atoms with Crippen molar-refractivity contribution >= 4 is 15.9 Å². The second-order valence-corrected chi connectivity index (χ2v) is 3.77. The zero-order valence-electron chi connectivity index (χ0n) is 7.58. The molecular weight excluding hydrogens is 265 g/mol. The molecule has 2 aromatic rings. The largest absolute Gasteiger partial charge is 0.445 e. The molecule has 0 aliphatic heterocycles. The molecule has 78 valence electrons. The van der Waals surface area contributed by atoms with Crippen molar-refractivity contribution in [1.82, 2.24) is 4.98 Å². The molecular formula is C10H7BrFNO2. The number of aliphatic hydroxyl groups excluding tert-OH is 1. The highest BCUT2D eigenvalue weighted by Crippen LogP contribution is 2.26. The van der Waals surface area contributed by atoms with Gasteiger partial charge in [-0.15, -0.1) is 0 Å². The molecule has 2 rings (SSSR count). The number of benzene rings is 1. The molecule has 1 aromatic heterocycles. The molecule has 15 heavy (non-hydrogen) atoms. The van der Waals surface area contributed by atoms with Crippen molar-refractivity contribution in [3.8, 4) is 11.3 Å². The van der Waals surface area contributed by atoms with E-state index in [4.69, 9.17) is 9.52 Å². The molecule has 0 unspecified atom stereocenters. The molecule has 0 amide bonds. The van der Waals surface area contributed by atoms with Crippen LogP contribution in [0.4, 0.5) is 4.39 Å². The van der Waals surface area contributed by atoms with Crippen molar-refractivity contribution in [2.75, 3.05) is 0 Å². The van der Waals surface area contributed by atoms with E-state index >= 15 is 0 Å². The van der Waals surface area contributed by atoms with E-state index in [1.165, 1.54) is 12.5 Å². The topological polar surface area (TPSA) is 46.3 Å². The van der Waals surface area contributed by atoms with Crippen LogP contribution in [0.25, 0.3) is 11.3 Å². The molecule has 1 N–H and O–H groups in total. The second kappa shape index (κ2) is 4.12. The fourth-order valence-electron chi connectivity index (χ4n) is 1.26. The molecule has 0 bridgehead atoms. The lowest BCUT2D eigenvalue weighted by atomic mass is 10.1. The van der Waals surface area contributed by atoms with Gasteiger partial charge in [0.15, 0.2) is 12.2 Å². The maximum Gasteiger partial charge on any atom is 0.181 e. The lowest BCUT2D eigenvalue weighted by Crippen LogP contribution is -1.87. The van der Waals surface area contributed by atoms with Crippen LogP contribution in [0.1, 0.15) is 5.76 Å². The Balaban J connectivity index is 2.50. The molecule has 0 atom stereocenters. The molecule has 0 radical (unpaired) electrons. The van der Waals surface area contributed by atoms with Crippen LogP contribution in [0.5, 0.6) is 0 Å². The standard InChI is InChI=1S/C10H7BrFNO2/c11-7-2-1-6(3-8(7)12)10-9(4-14)15-5-13-10/h1-3,5,14H,4H2. The maximum atomic E-state index is 13.2. The van der Waals surface area contributed by atoms with Crippen LogP contribution in [0, 0.1) is 5.82 Å². The number of halogens is 2. The summed E-state index contributed by atoms with van der Waals surface area (Å²) in [5.41, 5.74) is 1.04. The molecule has 0 saturated heterocycles. The Kier molecular flexibility index (Phi) is 2.83. The number of oxazole rings is 1. The van der Waals surface area contributed by atoms with E-state index in [2.05, 4.69) is 20.9 Å². The summed E-state index contributed by atoms with van der Waals surface area (Å²) in [6.07, 6.45) is 1.22. The molecule has 0 aliphatic rings. The summed E-state index contributed by atoms with van der Waals surface area (Å²) >= 11 is 3.06. The zero-order valence-corrected chi connectivity index (χ0v) is 9.16. The minimum atomic E-state index is -0.376. The average molecular weight is 272 g/mol. The number of nitrogens with zero attached hydrogens (tertiary/aromatic N) is 1. The van der Waals surface area contributed by atoms with Crippen LogP contribution >= 0.6 is 15.9 Å². The molecule has 0 saturated carbocycles. The summed E-state index contributed by atoms with van der Waals surface area (Å²) in [6.45, 7) is -0.257. The van der Waals surface area contributed by atoms with Crippen molar-refractivity contribution in [3.63, 3.8) is 0 Å². The maximum absolute atomic E-state index is 13.2. The Morgan fingerprint density at radius 2 is 2.27 bits per heavy atom. The van der Waals surface area contributed by atoms with Crippen LogP contribution in [0.3, 0.4) is 0 Å². The first-order chi connectivity index (χ1) is 7.22. The van der Waals surface area contributed by atoms with Gasteiger partial charge in [-0.1, -0.05) is 6.07 Å². The molecule has 3 nitrogen and oxygen atoms in total. The Bertz CT molecular complexity index is 484. The highest BCUT2D eigenvalue weighted by molar-refractivity contribution is 9.10. The minimum absolute atomic E-state index is 0.257. The average Bonchev–Trinajstić information content (AvgIpc) is 2.70. The van der Waals surface area contributed by atoms with Crippen LogP contribution in [-0.2, 0) is 6.61 Å². The Morgan fingerprint density at radius 1 is 1.47 bits per heavy atom. The number of aromatic nitrogens is 1. The van der Waals surface area contributed by atoms with E-state index in [0.717, 1.165) is 0 Å². The lowest BCUT2D eigenvalue weighted by molar-refractivity contribution is 0.248. The summed E-state index contributed by atoms with van der Waals surface area (Å²) < 4.78 is 18.6. The quantitative estimate of drug-likeness (QED) is 0.914. The number of aliphatic hydroxyl groups is 1. The summed E-state index contributed by atoms with van der Waals surface area (Å²) in [4.78, 5) is 3.92. The Hall–Kier alpha value is -1.20. The van der Waals surface area contributed by atoms with E-state index in [9.17, 15) is 4.39 Å². The van der Waals surface area contributed by atoms with Crippen molar-refractivity contribution in [1.29, 1.82) is 0 Å². The molecule has 0 spiro atoms. The highest BCUT2D eigenvalue weighted by Gasteiger charge is 2.11. The Labute approximate surface area is 93.7 Å². The van der Waals surface area contributed by atoms with Crippen LogP contribution in [0.15, 0.2) is 33.5 Å². The highest BCUT2D eigenvalue weighted by atomic mass is 79.9. The van der Waals surface area contributed by atoms with Gasteiger partial charge in [-0.3, -0.25) is 0 Å². The summed E-state index contributed by atoms with van der Waals surface area (Å²) in [5, 5.41) is 8.96. The number of rotatable bonds is 2. The van der Waals surface area contributed by atoms with Gasteiger partial charge in [0.2, 0.25) is 0 Å². The lowest BCUT2D eigenvalue weighted by Gasteiger charge is -2.00. The van der Waals surface area contributed by atoms with Gasteiger partial charge >= 0.3 is 0 Å². The van der Waals surface area contributed by atoms with Crippen LogP contribution < -0.4 is 0 Å². The van der Waals surface area contributed by atoms with Gasteiger partial charge in [0, 0.05) is 5.56 Å². The van der Waals surface area contributed by atoms with Crippen molar-refractivity contribution in [3.05, 3.63) is 40.6 Å². The predicted molar refractivity (Wildman–Crippen MR) is 55.5 cm³/mol. The first kappa shape index (κ1) is 10.3. The summed E-state index contributed by atoms with van der Waals surface area (Å²) in [7, 11) is 0. The summed E-state index contributed by atoms with van der Waals surface area (Å²) in [6, 6.07) is 4.62. The first-order valence-electron chi connectivity index (χ1n) is 4.21. The van der Waals surface area contributed by atoms with Crippen molar-refractivity contribution in [2.45, 2.75) is 6.61 Å². The predicted octanol–water partition coefficient (Wildman–Crippen LogP) is 2.74. The molecule has 0 aliphatic carbocycles. The monoisotopic (exact) mass is 271 g/mol. The van der Waals surface area contributed by atoms with E-state index in [0.29, 0.717) is 21.5 Å². The zero-order chi connectivity index (χ0) is 10.8. The third-order valence-corrected chi connectivity index (χ3v) is 2.62. The molecule has 0 fully saturated rings. The van der Waals surface area contributed by atoms with Gasteiger partial charge in [-0.05, 0) is 28.1 Å². The number of hydrogen-bond acceptors (Lipinski definition) is 3. The first-order valence-corrected chi connectivity index (χ1v) is 5.00.